The lowest BCUT2D eigenvalue weighted by atomic mass is 9.86. The highest BCUT2D eigenvalue weighted by atomic mass is 16.5. The molecule has 7 nitrogen and oxygen atoms in total. The zero-order chi connectivity index (χ0) is 15.2. The first-order valence-electron chi connectivity index (χ1n) is 7.52. The number of amides is 1. The number of benzene rings is 1. The van der Waals surface area contributed by atoms with Gasteiger partial charge in [0.25, 0.3) is 0 Å². The number of ether oxygens (including phenoxy) is 1. The minimum absolute atomic E-state index is 0.159. The van der Waals surface area contributed by atoms with Gasteiger partial charge in [-0.2, -0.15) is 5.21 Å². The van der Waals surface area contributed by atoms with E-state index in [2.05, 4.69) is 25.9 Å². The number of tetrazole rings is 1. The first-order chi connectivity index (χ1) is 10.8. The van der Waals surface area contributed by atoms with Crippen LogP contribution in [-0.2, 0) is 11.3 Å². The number of aromatic nitrogens is 4. The summed E-state index contributed by atoms with van der Waals surface area (Å²) in [7, 11) is 0. The van der Waals surface area contributed by atoms with Gasteiger partial charge in [0, 0.05) is 12.0 Å². The van der Waals surface area contributed by atoms with Crippen LogP contribution < -0.4 is 5.32 Å². The van der Waals surface area contributed by atoms with Gasteiger partial charge in [-0.15, -0.1) is 10.2 Å². The van der Waals surface area contributed by atoms with Gasteiger partial charge in [0.05, 0.1) is 0 Å². The van der Waals surface area contributed by atoms with Crippen LogP contribution in [0.2, 0.25) is 0 Å². The van der Waals surface area contributed by atoms with Crippen molar-refractivity contribution in [2.24, 2.45) is 0 Å². The molecule has 0 unspecified atom stereocenters. The normalized spacial score (nSPS) is 21.3. The van der Waals surface area contributed by atoms with Crippen LogP contribution >= 0.6 is 0 Å². The van der Waals surface area contributed by atoms with Crippen LogP contribution in [-0.4, -0.2) is 32.8 Å². The third-order valence-corrected chi connectivity index (χ3v) is 3.99. The van der Waals surface area contributed by atoms with Crippen molar-refractivity contribution in [1.82, 2.24) is 25.9 Å². The summed E-state index contributed by atoms with van der Waals surface area (Å²) in [6, 6.07) is 9.82. The van der Waals surface area contributed by atoms with Crippen LogP contribution in [0.3, 0.4) is 0 Å². The Hall–Kier alpha value is -2.44. The lowest BCUT2D eigenvalue weighted by Gasteiger charge is -2.27. The minimum Gasteiger partial charge on any atom is -0.445 e. The molecule has 1 aromatic heterocycles. The smallest absolute Gasteiger partial charge is 0.407 e. The first kappa shape index (κ1) is 14.5. The Labute approximate surface area is 128 Å². The van der Waals surface area contributed by atoms with Gasteiger partial charge < -0.3 is 10.1 Å². The zero-order valence-corrected chi connectivity index (χ0v) is 12.2. The predicted octanol–water partition coefficient (Wildman–Crippen LogP) is 2.15. The molecular formula is C15H19N5O2. The molecule has 0 radical (unpaired) electrons. The number of carbonyl (C=O) groups is 1. The molecule has 0 bridgehead atoms. The summed E-state index contributed by atoms with van der Waals surface area (Å²) in [5, 5.41) is 17.1. The molecule has 1 amide bonds. The number of nitrogens with zero attached hydrogens (tertiary/aromatic N) is 3. The number of aromatic amines is 1. The number of hydrogen-bond donors (Lipinski definition) is 2. The molecule has 1 aromatic carbocycles. The molecule has 1 fully saturated rings. The third kappa shape index (κ3) is 3.81. The van der Waals surface area contributed by atoms with Crippen molar-refractivity contribution in [1.29, 1.82) is 0 Å². The van der Waals surface area contributed by atoms with Gasteiger partial charge in [-0.25, -0.2) is 4.79 Å². The minimum atomic E-state index is -0.355. The largest absolute Gasteiger partial charge is 0.445 e. The van der Waals surface area contributed by atoms with Crippen molar-refractivity contribution in [2.45, 2.75) is 44.2 Å². The van der Waals surface area contributed by atoms with Gasteiger partial charge in [0.15, 0.2) is 5.82 Å². The number of nitrogens with one attached hydrogen (secondary N) is 2. The monoisotopic (exact) mass is 301 g/mol. The van der Waals surface area contributed by atoms with Crippen molar-refractivity contribution in [3.63, 3.8) is 0 Å². The van der Waals surface area contributed by atoms with E-state index in [1.807, 2.05) is 30.3 Å². The van der Waals surface area contributed by atoms with Crippen LogP contribution in [0.15, 0.2) is 30.3 Å². The third-order valence-electron chi connectivity index (χ3n) is 3.99. The predicted molar refractivity (Wildman–Crippen MR) is 78.9 cm³/mol. The number of rotatable bonds is 4. The fraction of sp³-hybridized carbons (Fsp3) is 0.467. The lowest BCUT2D eigenvalue weighted by Crippen LogP contribution is -2.37. The van der Waals surface area contributed by atoms with Crippen molar-refractivity contribution in [3.8, 4) is 0 Å². The van der Waals surface area contributed by atoms with Crippen LogP contribution in [0.5, 0.6) is 0 Å². The van der Waals surface area contributed by atoms with Crippen LogP contribution in [0.1, 0.15) is 43.0 Å². The topological polar surface area (TPSA) is 92.8 Å². The summed E-state index contributed by atoms with van der Waals surface area (Å²) in [6.07, 6.45) is 3.35. The van der Waals surface area contributed by atoms with Gasteiger partial charge in [-0.1, -0.05) is 35.5 Å². The van der Waals surface area contributed by atoms with E-state index in [9.17, 15) is 4.79 Å². The second kappa shape index (κ2) is 7.02. The van der Waals surface area contributed by atoms with Gasteiger partial charge in [-0.05, 0) is 31.2 Å². The quantitative estimate of drug-likeness (QED) is 0.902. The molecule has 0 saturated heterocycles. The molecule has 2 aromatic rings. The average molecular weight is 301 g/mol. The van der Waals surface area contributed by atoms with E-state index in [1.165, 1.54) is 0 Å². The fourth-order valence-corrected chi connectivity index (χ4v) is 2.77. The SMILES string of the molecule is O=C(NC1CCC(c2nn[nH]n2)CC1)OCc1ccccc1. The first-order valence-corrected chi connectivity index (χ1v) is 7.52. The van der Waals surface area contributed by atoms with E-state index in [0.29, 0.717) is 12.5 Å². The molecule has 1 saturated carbocycles. The standard InChI is InChI=1S/C15H19N5O2/c21-15(22-10-11-4-2-1-3-5-11)16-13-8-6-12(7-9-13)14-17-19-20-18-14/h1-5,12-13H,6-10H2,(H,16,21)(H,17,18,19,20). The van der Waals surface area contributed by atoms with Crippen LogP contribution in [0, 0.1) is 0 Å². The van der Waals surface area contributed by atoms with E-state index in [0.717, 1.165) is 37.1 Å². The molecule has 0 atom stereocenters. The molecule has 0 aliphatic heterocycles. The molecule has 1 heterocycles. The Bertz CT molecular complexity index is 579. The molecule has 116 valence electrons. The van der Waals surface area contributed by atoms with E-state index >= 15 is 0 Å². The van der Waals surface area contributed by atoms with Crippen molar-refractivity contribution >= 4 is 6.09 Å². The number of hydrogen-bond acceptors (Lipinski definition) is 5. The van der Waals surface area contributed by atoms with Crippen LogP contribution in [0.4, 0.5) is 4.79 Å². The summed E-state index contributed by atoms with van der Waals surface area (Å²) in [5.41, 5.74) is 0.985. The van der Waals surface area contributed by atoms with Gasteiger partial charge in [-0.3, -0.25) is 0 Å². The molecule has 0 spiro atoms. The molecule has 22 heavy (non-hydrogen) atoms. The molecule has 1 aliphatic carbocycles. The maximum absolute atomic E-state index is 11.8. The fourth-order valence-electron chi connectivity index (χ4n) is 2.77. The van der Waals surface area contributed by atoms with Crippen molar-refractivity contribution in [3.05, 3.63) is 41.7 Å². The Morgan fingerprint density at radius 2 is 2.00 bits per heavy atom. The summed E-state index contributed by atoms with van der Waals surface area (Å²) in [4.78, 5) is 11.8. The van der Waals surface area contributed by atoms with Gasteiger partial charge in [0.2, 0.25) is 0 Å². The van der Waals surface area contributed by atoms with E-state index < -0.39 is 0 Å². The second-order valence-electron chi connectivity index (χ2n) is 5.52. The highest BCUT2D eigenvalue weighted by molar-refractivity contribution is 5.67. The molecular weight excluding hydrogens is 282 g/mol. The lowest BCUT2D eigenvalue weighted by molar-refractivity contribution is 0.132. The Morgan fingerprint density at radius 3 is 2.68 bits per heavy atom. The van der Waals surface area contributed by atoms with Crippen molar-refractivity contribution in [2.75, 3.05) is 0 Å². The van der Waals surface area contributed by atoms with Gasteiger partial charge >= 0.3 is 6.09 Å². The number of H-pyrrole nitrogens is 1. The maximum Gasteiger partial charge on any atom is 0.407 e. The summed E-state index contributed by atoms with van der Waals surface area (Å²) in [6.45, 7) is 0.297. The average Bonchev–Trinajstić information content (AvgIpc) is 3.09. The second-order valence-corrected chi connectivity index (χ2v) is 5.52. The zero-order valence-electron chi connectivity index (χ0n) is 12.2. The van der Waals surface area contributed by atoms with Crippen LogP contribution in [0.25, 0.3) is 0 Å². The molecule has 3 rings (SSSR count). The summed E-state index contributed by atoms with van der Waals surface area (Å²) >= 11 is 0. The van der Waals surface area contributed by atoms with Crippen molar-refractivity contribution < 1.29 is 9.53 Å². The maximum atomic E-state index is 11.8. The van der Waals surface area contributed by atoms with E-state index in [-0.39, 0.29) is 12.1 Å². The highest BCUT2D eigenvalue weighted by Gasteiger charge is 2.26. The Balaban J connectivity index is 1.40. The Morgan fingerprint density at radius 1 is 1.23 bits per heavy atom. The highest BCUT2D eigenvalue weighted by Crippen LogP contribution is 2.30. The number of alkyl carbamates (subject to hydrolysis) is 1. The van der Waals surface area contributed by atoms with E-state index in [1.54, 1.807) is 0 Å². The summed E-state index contributed by atoms with van der Waals surface area (Å²) in [5.74, 6) is 1.10. The number of carbonyl (C=O) groups excluding carboxylic acids is 1. The van der Waals surface area contributed by atoms with E-state index in [4.69, 9.17) is 4.74 Å². The molecule has 2 N–H and O–H groups in total. The molecule has 7 heteroatoms. The Kier molecular flexibility index (Phi) is 4.62. The summed E-state index contributed by atoms with van der Waals surface area (Å²) < 4.78 is 5.24. The molecule has 1 aliphatic rings. The van der Waals surface area contributed by atoms with Gasteiger partial charge in [0.1, 0.15) is 6.61 Å².